The van der Waals surface area contributed by atoms with Crippen LogP contribution in [-0.4, -0.2) is 11.2 Å². The third kappa shape index (κ3) is 1.63. The predicted octanol–water partition coefficient (Wildman–Crippen LogP) is 2.61. The maximum Gasteiger partial charge on any atom is 0.0941 e. The van der Waals surface area contributed by atoms with Gasteiger partial charge in [0.15, 0.2) is 0 Å². The van der Waals surface area contributed by atoms with Crippen LogP contribution in [0.15, 0.2) is 16.9 Å². The van der Waals surface area contributed by atoms with Crippen LogP contribution >= 0.6 is 0 Å². The Morgan fingerprint density at radius 1 is 1.31 bits per heavy atom. The van der Waals surface area contributed by atoms with Gasteiger partial charge in [-0.15, -0.1) is 0 Å². The van der Waals surface area contributed by atoms with E-state index in [0.29, 0.717) is 5.92 Å². The molecule has 1 aromatic rings. The van der Waals surface area contributed by atoms with Gasteiger partial charge in [-0.25, -0.2) is 0 Å². The van der Waals surface area contributed by atoms with Crippen molar-refractivity contribution in [1.29, 1.82) is 0 Å². The molecule has 1 fully saturated rings. The van der Waals surface area contributed by atoms with Crippen LogP contribution in [0, 0.1) is 6.92 Å². The molecule has 1 aromatic heterocycles. The third-order valence-electron chi connectivity index (χ3n) is 3.02. The first-order chi connectivity index (χ1) is 6.29. The van der Waals surface area contributed by atoms with Crippen LogP contribution in [0.4, 0.5) is 0 Å². The lowest BCUT2D eigenvalue weighted by atomic mass is 9.81. The normalized spacial score (nSPS) is 29.1. The summed E-state index contributed by atoms with van der Waals surface area (Å²) >= 11 is 0. The van der Waals surface area contributed by atoms with Crippen molar-refractivity contribution in [2.45, 2.75) is 44.6 Å². The number of aliphatic hydroxyl groups excluding tert-OH is 1. The van der Waals surface area contributed by atoms with Gasteiger partial charge in [0.05, 0.1) is 18.6 Å². The van der Waals surface area contributed by atoms with Gasteiger partial charge in [-0.3, -0.25) is 0 Å². The molecule has 0 saturated heterocycles. The number of hydrogen-bond donors (Lipinski definition) is 1. The molecule has 1 aliphatic carbocycles. The molecule has 2 nitrogen and oxygen atoms in total. The van der Waals surface area contributed by atoms with Crippen LogP contribution in [0.25, 0.3) is 0 Å². The van der Waals surface area contributed by atoms with Gasteiger partial charge in [-0.05, 0) is 30.9 Å². The SMILES string of the molecule is Cc1cocc1C1CCCCC1O. The molecular formula is C11H16O2. The fraction of sp³-hybridized carbons (Fsp3) is 0.636. The van der Waals surface area contributed by atoms with E-state index in [4.69, 9.17) is 4.42 Å². The topological polar surface area (TPSA) is 33.4 Å². The molecule has 0 bridgehead atoms. The van der Waals surface area contributed by atoms with E-state index in [1.54, 1.807) is 12.5 Å². The lowest BCUT2D eigenvalue weighted by Gasteiger charge is -2.27. The summed E-state index contributed by atoms with van der Waals surface area (Å²) in [7, 11) is 0. The van der Waals surface area contributed by atoms with E-state index in [2.05, 4.69) is 0 Å². The highest BCUT2D eigenvalue weighted by molar-refractivity contribution is 5.25. The maximum atomic E-state index is 9.82. The molecule has 1 N–H and O–H groups in total. The van der Waals surface area contributed by atoms with Crippen LogP contribution in [0.1, 0.15) is 42.7 Å². The van der Waals surface area contributed by atoms with Crippen molar-refractivity contribution in [2.24, 2.45) is 0 Å². The van der Waals surface area contributed by atoms with E-state index < -0.39 is 0 Å². The second-order valence-electron chi connectivity index (χ2n) is 3.97. The minimum absolute atomic E-state index is 0.162. The summed E-state index contributed by atoms with van der Waals surface area (Å²) in [6.07, 6.45) is 7.81. The molecule has 2 rings (SSSR count). The van der Waals surface area contributed by atoms with Gasteiger partial charge >= 0.3 is 0 Å². The third-order valence-corrected chi connectivity index (χ3v) is 3.02. The quantitative estimate of drug-likeness (QED) is 0.720. The summed E-state index contributed by atoms with van der Waals surface area (Å²) in [4.78, 5) is 0. The first-order valence-corrected chi connectivity index (χ1v) is 5.00. The molecule has 0 aliphatic heterocycles. The van der Waals surface area contributed by atoms with E-state index in [1.807, 2.05) is 6.92 Å². The van der Waals surface area contributed by atoms with E-state index in [9.17, 15) is 5.11 Å². The minimum atomic E-state index is -0.162. The molecule has 0 spiro atoms. The van der Waals surface area contributed by atoms with E-state index in [-0.39, 0.29) is 6.10 Å². The Hall–Kier alpha value is -0.760. The lowest BCUT2D eigenvalue weighted by molar-refractivity contribution is 0.106. The molecule has 0 aromatic carbocycles. The van der Waals surface area contributed by atoms with Crippen molar-refractivity contribution in [1.82, 2.24) is 0 Å². The highest BCUT2D eigenvalue weighted by Gasteiger charge is 2.26. The molecule has 2 heteroatoms. The highest BCUT2D eigenvalue weighted by Crippen LogP contribution is 2.34. The van der Waals surface area contributed by atoms with Crippen LogP contribution < -0.4 is 0 Å². The Balaban J connectivity index is 2.19. The van der Waals surface area contributed by atoms with Crippen molar-refractivity contribution in [3.05, 3.63) is 23.7 Å². The molecule has 0 amide bonds. The number of hydrogen-bond acceptors (Lipinski definition) is 2. The summed E-state index contributed by atoms with van der Waals surface area (Å²) in [5, 5.41) is 9.82. The molecule has 2 atom stereocenters. The average molecular weight is 180 g/mol. The molecule has 1 aliphatic rings. The number of aryl methyl sites for hydroxylation is 1. The Bertz CT molecular complexity index is 277. The molecule has 1 saturated carbocycles. The zero-order valence-corrected chi connectivity index (χ0v) is 7.99. The van der Waals surface area contributed by atoms with Crippen molar-refractivity contribution >= 4 is 0 Å². The molecular weight excluding hydrogens is 164 g/mol. The largest absolute Gasteiger partial charge is 0.472 e. The van der Waals surface area contributed by atoms with Gasteiger partial charge in [0.1, 0.15) is 0 Å². The standard InChI is InChI=1S/C11H16O2/c1-8-6-13-7-10(8)9-4-2-3-5-11(9)12/h6-7,9,11-12H,2-5H2,1H3. The van der Waals surface area contributed by atoms with Gasteiger partial charge in [-0.2, -0.15) is 0 Å². The monoisotopic (exact) mass is 180 g/mol. The molecule has 1 heterocycles. The summed E-state index contributed by atoms with van der Waals surface area (Å²) in [6, 6.07) is 0. The number of furan rings is 1. The Morgan fingerprint density at radius 2 is 2.08 bits per heavy atom. The first kappa shape index (κ1) is 8.82. The predicted molar refractivity (Wildman–Crippen MR) is 50.7 cm³/mol. The van der Waals surface area contributed by atoms with Crippen molar-refractivity contribution in [3.63, 3.8) is 0 Å². The van der Waals surface area contributed by atoms with Crippen LogP contribution in [0.3, 0.4) is 0 Å². The van der Waals surface area contributed by atoms with E-state index >= 15 is 0 Å². The average Bonchev–Trinajstić information content (AvgIpc) is 2.52. The molecule has 0 radical (unpaired) electrons. The van der Waals surface area contributed by atoms with Crippen molar-refractivity contribution < 1.29 is 9.52 Å². The van der Waals surface area contributed by atoms with Gasteiger partial charge in [0, 0.05) is 5.92 Å². The fourth-order valence-corrected chi connectivity index (χ4v) is 2.22. The minimum Gasteiger partial charge on any atom is -0.472 e. The van der Waals surface area contributed by atoms with Gasteiger partial charge in [-0.1, -0.05) is 12.8 Å². The Kier molecular flexibility index (Phi) is 2.40. The fourth-order valence-electron chi connectivity index (χ4n) is 2.22. The van der Waals surface area contributed by atoms with Crippen LogP contribution in [0.5, 0.6) is 0 Å². The summed E-state index contributed by atoms with van der Waals surface area (Å²) < 4.78 is 5.14. The van der Waals surface area contributed by atoms with Gasteiger partial charge in [0.25, 0.3) is 0 Å². The zero-order chi connectivity index (χ0) is 9.26. The summed E-state index contributed by atoms with van der Waals surface area (Å²) in [5.74, 6) is 0.312. The molecule has 72 valence electrons. The van der Waals surface area contributed by atoms with Crippen molar-refractivity contribution in [2.75, 3.05) is 0 Å². The van der Waals surface area contributed by atoms with Crippen molar-refractivity contribution in [3.8, 4) is 0 Å². The first-order valence-electron chi connectivity index (χ1n) is 5.00. The maximum absolute atomic E-state index is 9.82. The van der Waals surface area contributed by atoms with Crippen LogP contribution in [-0.2, 0) is 0 Å². The molecule has 2 unspecified atom stereocenters. The van der Waals surface area contributed by atoms with E-state index in [1.165, 1.54) is 17.5 Å². The lowest BCUT2D eigenvalue weighted by Crippen LogP contribution is -2.22. The number of aliphatic hydroxyl groups is 1. The Morgan fingerprint density at radius 3 is 2.69 bits per heavy atom. The van der Waals surface area contributed by atoms with Crippen LogP contribution in [0.2, 0.25) is 0 Å². The molecule has 13 heavy (non-hydrogen) atoms. The summed E-state index contributed by atoms with van der Waals surface area (Å²) in [6.45, 7) is 2.04. The van der Waals surface area contributed by atoms with Gasteiger partial charge < -0.3 is 9.52 Å². The summed E-state index contributed by atoms with van der Waals surface area (Å²) in [5.41, 5.74) is 2.37. The Labute approximate surface area is 78.6 Å². The zero-order valence-electron chi connectivity index (χ0n) is 7.99. The smallest absolute Gasteiger partial charge is 0.0941 e. The highest BCUT2D eigenvalue weighted by atomic mass is 16.3. The second kappa shape index (κ2) is 3.54. The second-order valence-corrected chi connectivity index (χ2v) is 3.97. The number of rotatable bonds is 1. The van der Waals surface area contributed by atoms with E-state index in [0.717, 1.165) is 19.3 Å². The van der Waals surface area contributed by atoms with Gasteiger partial charge in [0.2, 0.25) is 0 Å².